The van der Waals surface area contributed by atoms with Gasteiger partial charge in [0.2, 0.25) is 0 Å². The van der Waals surface area contributed by atoms with Crippen LogP contribution in [-0.4, -0.2) is 61.6 Å². The third-order valence-corrected chi connectivity index (χ3v) is 5.65. The molecule has 3 aromatic rings. The van der Waals surface area contributed by atoms with Gasteiger partial charge in [-0.3, -0.25) is 4.90 Å². The van der Waals surface area contributed by atoms with Gasteiger partial charge in [0.1, 0.15) is 12.4 Å². The van der Waals surface area contributed by atoms with Crippen molar-refractivity contribution < 1.29 is 14.6 Å². The Morgan fingerprint density at radius 3 is 2.61 bits per heavy atom. The van der Waals surface area contributed by atoms with Gasteiger partial charge in [-0.05, 0) is 35.9 Å². The normalized spacial score (nSPS) is 11.4. The van der Waals surface area contributed by atoms with Gasteiger partial charge in [0.25, 0.3) is 0 Å². The molecule has 28 heavy (non-hydrogen) atoms. The standard InChI is InChI=1S/C21H25ClN2O3S/c1-26-12-9-24(8-11-25)10-13-27-18-6-7-19-20(15-18)28-21(23-19)14-16-2-4-17(22)5-3-16/h2-7,15,25H,8-14H2,1H3. The van der Waals surface area contributed by atoms with E-state index in [0.717, 1.165) is 45.5 Å². The Kier molecular flexibility index (Phi) is 8.06. The minimum atomic E-state index is 0.132. The first-order valence-electron chi connectivity index (χ1n) is 9.27. The molecule has 0 saturated carbocycles. The van der Waals surface area contributed by atoms with E-state index in [-0.39, 0.29) is 6.61 Å². The molecule has 0 bridgehead atoms. The molecule has 7 heteroatoms. The zero-order chi connectivity index (χ0) is 19.8. The first-order chi connectivity index (χ1) is 13.7. The number of fused-ring (bicyclic) bond motifs is 1. The second kappa shape index (κ2) is 10.7. The van der Waals surface area contributed by atoms with Gasteiger partial charge in [-0.2, -0.15) is 0 Å². The number of benzene rings is 2. The van der Waals surface area contributed by atoms with Crippen LogP contribution in [0.3, 0.4) is 0 Å². The van der Waals surface area contributed by atoms with Crippen LogP contribution in [0.15, 0.2) is 42.5 Å². The van der Waals surface area contributed by atoms with E-state index in [9.17, 15) is 0 Å². The Hall–Kier alpha value is -1.70. The molecular formula is C21H25ClN2O3S. The summed E-state index contributed by atoms with van der Waals surface area (Å²) in [7, 11) is 1.68. The molecule has 0 fully saturated rings. The summed E-state index contributed by atoms with van der Waals surface area (Å²) < 4.78 is 12.1. The summed E-state index contributed by atoms with van der Waals surface area (Å²) in [6.07, 6.45) is 0.794. The molecule has 5 nitrogen and oxygen atoms in total. The van der Waals surface area contributed by atoms with Crippen molar-refractivity contribution in [2.45, 2.75) is 6.42 Å². The highest BCUT2D eigenvalue weighted by Gasteiger charge is 2.08. The van der Waals surface area contributed by atoms with Crippen molar-refractivity contribution in [2.75, 3.05) is 46.6 Å². The lowest BCUT2D eigenvalue weighted by molar-refractivity contribution is 0.118. The number of hydrogen-bond donors (Lipinski definition) is 1. The van der Waals surface area contributed by atoms with Crippen molar-refractivity contribution in [2.24, 2.45) is 0 Å². The second-order valence-electron chi connectivity index (χ2n) is 6.45. The number of aromatic nitrogens is 1. The van der Waals surface area contributed by atoms with Crippen LogP contribution in [0.25, 0.3) is 10.2 Å². The largest absolute Gasteiger partial charge is 0.492 e. The van der Waals surface area contributed by atoms with Crippen LogP contribution in [-0.2, 0) is 11.2 Å². The predicted molar refractivity (Wildman–Crippen MR) is 115 cm³/mol. The number of aliphatic hydroxyl groups excluding tert-OH is 1. The maximum absolute atomic E-state index is 9.16. The van der Waals surface area contributed by atoms with Crippen LogP contribution < -0.4 is 4.74 Å². The lowest BCUT2D eigenvalue weighted by atomic mass is 10.2. The number of hydrogen-bond acceptors (Lipinski definition) is 6. The molecule has 150 valence electrons. The van der Waals surface area contributed by atoms with E-state index in [1.54, 1.807) is 18.4 Å². The van der Waals surface area contributed by atoms with Gasteiger partial charge >= 0.3 is 0 Å². The topological polar surface area (TPSA) is 54.8 Å². The van der Waals surface area contributed by atoms with Crippen LogP contribution >= 0.6 is 22.9 Å². The summed E-state index contributed by atoms with van der Waals surface area (Å²) in [5.41, 5.74) is 2.18. The Balaban J connectivity index is 1.58. The fraction of sp³-hybridized carbons (Fsp3) is 0.381. The summed E-state index contributed by atoms with van der Waals surface area (Å²) in [6.45, 7) is 3.48. The summed E-state index contributed by atoms with van der Waals surface area (Å²) in [5.74, 6) is 0.838. The SMILES string of the molecule is COCCN(CCO)CCOc1ccc2nc(Cc3ccc(Cl)cc3)sc2c1. The summed E-state index contributed by atoms with van der Waals surface area (Å²) in [6, 6.07) is 13.9. The van der Waals surface area contributed by atoms with Crippen molar-refractivity contribution in [1.82, 2.24) is 9.88 Å². The molecule has 1 aromatic heterocycles. The Morgan fingerprint density at radius 1 is 1.07 bits per heavy atom. The molecule has 0 amide bonds. The first kappa shape index (κ1) is 21.0. The average molecular weight is 421 g/mol. The fourth-order valence-electron chi connectivity index (χ4n) is 2.88. The van der Waals surface area contributed by atoms with Gasteiger partial charge in [0.15, 0.2) is 0 Å². The number of aliphatic hydroxyl groups is 1. The third-order valence-electron chi connectivity index (χ3n) is 4.38. The minimum Gasteiger partial charge on any atom is -0.492 e. The maximum Gasteiger partial charge on any atom is 0.120 e. The molecule has 0 aliphatic rings. The minimum absolute atomic E-state index is 0.132. The van der Waals surface area contributed by atoms with E-state index in [1.165, 1.54) is 5.56 Å². The third kappa shape index (κ3) is 6.15. The van der Waals surface area contributed by atoms with Crippen molar-refractivity contribution >= 4 is 33.2 Å². The van der Waals surface area contributed by atoms with Gasteiger partial charge in [-0.25, -0.2) is 4.98 Å². The molecule has 0 unspecified atom stereocenters. The Morgan fingerprint density at radius 2 is 1.86 bits per heavy atom. The van der Waals surface area contributed by atoms with Crippen molar-refractivity contribution in [3.8, 4) is 5.75 Å². The Labute approximate surface area is 174 Å². The molecular weight excluding hydrogens is 396 g/mol. The highest BCUT2D eigenvalue weighted by molar-refractivity contribution is 7.18. The molecule has 2 aromatic carbocycles. The molecule has 1 heterocycles. The summed E-state index contributed by atoms with van der Waals surface area (Å²) in [5, 5.41) is 11.0. The Bertz CT molecular complexity index is 870. The monoisotopic (exact) mass is 420 g/mol. The zero-order valence-corrected chi connectivity index (χ0v) is 17.5. The smallest absolute Gasteiger partial charge is 0.120 e. The van der Waals surface area contributed by atoms with Gasteiger partial charge in [0, 0.05) is 38.2 Å². The molecule has 0 radical (unpaired) electrons. The van der Waals surface area contributed by atoms with Crippen LogP contribution in [0.1, 0.15) is 10.6 Å². The van der Waals surface area contributed by atoms with Crippen molar-refractivity contribution in [3.63, 3.8) is 0 Å². The summed E-state index contributed by atoms with van der Waals surface area (Å²) in [4.78, 5) is 6.84. The second-order valence-corrected chi connectivity index (χ2v) is 8.00. The molecule has 1 N–H and O–H groups in total. The van der Waals surface area contributed by atoms with E-state index in [2.05, 4.69) is 4.90 Å². The number of thiazole rings is 1. The average Bonchev–Trinajstić information content (AvgIpc) is 3.09. The number of ether oxygens (including phenoxy) is 2. The van der Waals surface area contributed by atoms with Crippen LogP contribution in [0.5, 0.6) is 5.75 Å². The first-order valence-corrected chi connectivity index (χ1v) is 10.5. The molecule has 0 aliphatic carbocycles. The highest BCUT2D eigenvalue weighted by Crippen LogP contribution is 2.28. The quantitative estimate of drug-likeness (QED) is 0.510. The van der Waals surface area contributed by atoms with E-state index in [4.69, 9.17) is 31.2 Å². The van der Waals surface area contributed by atoms with Crippen molar-refractivity contribution in [3.05, 3.63) is 58.1 Å². The summed E-state index contributed by atoms with van der Waals surface area (Å²) >= 11 is 7.64. The van der Waals surface area contributed by atoms with Gasteiger partial charge in [-0.15, -0.1) is 11.3 Å². The number of rotatable bonds is 11. The van der Waals surface area contributed by atoms with E-state index in [0.29, 0.717) is 19.8 Å². The molecule has 0 spiro atoms. The van der Waals surface area contributed by atoms with Gasteiger partial charge < -0.3 is 14.6 Å². The molecule has 0 aliphatic heterocycles. The number of methoxy groups -OCH3 is 1. The lowest BCUT2D eigenvalue weighted by Gasteiger charge is -2.20. The van der Waals surface area contributed by atoms with Crippen LogP contribution in [0.4, 0.5) is 0 Å². The van der Waals surface area contributed by atoms with Crippen molar-refractivity contribution in [1.29, 1.82) is 0 Å². The fourth-order valence-corrected chi connectivity index (χ4v) is 4.04. The molecule has 0 saturated heterocycles. The van der Waals surface area contributed by atoms with E-state index >= 15 is 0 Å². The van der Waals surface area contributed by atoms with E-state index in [1.807, 2.05) is 42.5 Å². The van der Waals surface area contributed by atoms with Gasteiger partial charge in [-0.1, -0.05) is 23.7 Å². The number of nitrogens with zero attached hydrogens (tertiary/aromatic N) is 2. The van der Waals surface area contributed by atoms with Crippen LogP contribution in [0, 0.1) is 0 Å². The zero-order valence-electron chi connectivity index (χ0n) is 15.9. The maximum atomic E-state index is 9.16. The van der Waals surface area contributed by atoms with Crippen LogP contribution in [0.2, 0.25) is 5.02 Å². The predicted octanol–water partition coefficient (Wildman–Crippen LogP) is 3.86. The lowest BCUT2D eigenvalue weighted by Crippen LogP contribution is -2.33. The number of halogens is 1. The molecule has 0 atom stereocenters. The van der Waals surface area contributed by atoms with E-state index < -0.39 is 0 Å². The highest BCUT2D eigenvalue weighted by atomic mass is 35.5. The van der Waals surface area contributed by atoms with Gasteiger partial charge in [0.05, 0.1) is 28.4 Å². The molecule has 3 rings (SSSR count).